The SMILES string of the molecule is CCN(CC(=O)O)C1CCN(C(=O)NC(C)c2ccc(CC(C)C)cc2)CC1. The Morgan fingerprint density at radius 3 is 2.29 bits per heavy atom. The Bertz CT molecular complexity index is 637. The number of carbonyl (C=O) groups excluding carboxylic acids is 1. The lowest BCUT2D eigenvalue weighted by atomic mass is 10.00. The first kappa shape index (κ1) is 22.2. The van der Waals surface area contributed by atoms with E-state index < -0.39 is 5.97 Å². The van der Waals surface area contributed by atoms with Crippen LogP contribution in [0.1, 0.15) is 57.7 Å². The fourth-order valence-electron chi connectivity index (χ4n) is 3.88. The number of likely N-dealkylation sites (N-methyl/N-ethyl adjacent to an activating group) is 1. The molecule has 0 aliphatic carbocycles. The summed E-state index contributed by atoms with van der Waals surface area (Å²) in [6.07, 6.45) is 2.69. The molecule has 0 bridgehead atoms. The van der Waals surface area contributed by atoms with Gasteiger partial charge in [0, 0.05) is 19.1 Å². The average molecular weight is 390 g/mol. The molecule has 0 radical (unpaired) electrons. The van der Waals surface area contributed by atoms with Crippen LogP contribution in [0.2, 0.25) is 0 Å². The molecular weight excluding hydrogens is 354 g/mol. The summed E-state index contributed by atoms with van der Waals surface area (Å²) in [7, 11) is 0. The third kappa shape index (κ3) is 6.51. The van der Waals surface area contributed by atoms with E-state index in [-0.39, 0.29) is 24.7 Å². The average Bonchev–Trinajstić information content (AvgIpc) is 2.66. The minimum atomic E-state index is -0.796. The van der Waals surface area contributed by atoms with Crippen LogP contribution < -0.4 is 5.32 Å². The van der Waals surface area contributed by atoms with Crippen molar-refractivity contribution in [3.8, 4) is 0 Å². The van der Waals surface area contributed by atoms with E-state index in [1.807, 2.05) is 23.6 Å². The second kappa shape index (κ2) is 10.5. The molecule has 1 aromatic carbocycles. The number of benzene rings is 1. The molecule has 2 N–H and O–H groups in total. The number of aliphatic carboxylic acids is 1. The quantitative estimate of drug-likeness (QED) is 0.713. The van der Waals surface area contributed by atoms with E-state index in [0.717, 1.165) is 24.8 Å². The van der Waals surface area contributed by atoms with E-state index in [2.05, 4.69) is 43.4 Å². The number of carboxylic acid groups (broad SMARTS) is 1. The van der Waals surface area contributed by atoms with Crippen molar-refractivity contribution in [2.24, 2.45) is 5.92 Å². The largest absolute Gasteiger partial charge is 0.480 e. The predicted octanol–water partition coefficient (Wildman–Crippen LogP) is 3.53. The van der Waals surface area contributed by atoms with Gasteiger partial charge < -0.3 is 15.3 Å². The molecule has 6 nitrogen and oxygen atoms in total. The molecule has 1 aromatic rings. The van der Waals surface area contributed by atoms with Gasteiger partial charge in [-0.3, -0.25) is 9.69 Å². The van der Waals surface area contributed by atoms with Crippen LogP contribution in [0.5, 0.6) is 0 Å². The lowest BCUT2D eigenvalue weighted by molar-refractivity contribution is -0.139. The standard InChI is InChI=1S/C22H35N3O3/c1-5-24(15-21(26)27)20-10-12-25(13-11-20)22(28)23-17(4)19-8-6-18(7-9-19)14-16(2)3/h6-9,16-17,20H,5,10-15H2,1-4H3,(H,23,28)(H,26,27). The Kier molecular flexibility index (Phi) is 8.30. The Morgan fingerprint density at radius 1 is 1.18 bits per heavy atom. The summed E-state index contributed by atoms with van der Waals surface area (Å²) in [5, 5.41) is 12.1. The fourth-order valence-corrected chi connectivity index (χ4v) is 3.88. The van der Waals surface area contributed by atoms with E-state index >= 15 is 0 Å². The molecule has 1 heterocycles. The lowest BCUT2D eigenvalue weighted by Gasteiger charge is -2.37. The number of nitrogens with zero attached hydrogens (tertiary/aromatic N) is 2. The van der Waals surface area contributed by atoms with E-state index in [0.29, 0.717) is 25.6 Å². The molecule has 28 heavy (non-hydrogen) atoms. The summed E-state index contributed by atoms with van der Waals surface area (Å²) in [6.45, 7) is 10.5. The lowest BCUT2D eigenvalue weighted by Crippen LogP contribution is -2.50. The zero-order valence-corrected chi connectivity index (χ0v) is 17.6. The second-order valence-electron chi connectivity index (χ2n) is 8.19. The molecule has 1 saturated heterocycles. The van der Waals surface area contributed by atoms with Crippen LogP contribution in [0, 0.1) is 5.92 Å². The number of nitrogens with one attached hydrogen (secondary N) is 1. The molecule has 0 aromatic heterocycles. The third-order valence-corrected chi connectivity index (χ3v) is 5.48. The maximum atomic E-state index is 12.6. The topological polar surface area (TPSA) is 72.9 Å². The third-order valence-electron chi connectivity index (χ3n) is 5.48. The minimum absolute atomic E-state index is 0.0431. The summed E-state index contributed by atoms with van der Waals surface area (Å²) in [5.41, 5.74) is 2.43. The second-order valence-corrected chi connectivity index (χ2v) is 8.19. The van der Waals surface area contributed by atoms with Crippen LogP contribution in [0.4, 0.5) is 4.79 Å². The van der Waals surface area contributed by atoms with Crippen molar-refractivity contribution in [1.82, 2.24) is 15.1 Å². The number of rotatable bonds is 8. The zero-order valence-electron chi connectivity index (χ0n) is 17.6. The number of amides is 2. The summed E-state index contributed by atoms with van der Waals surface area (Å²) < 4.78 is 0. The van der Waals surface area contributed by atoms with E-state index in [1.54, 1.807) is 0 Å². The van der Waals surface area contributed by atoms with Gasteiger partial charge in [0.2, 0.25) is 0 Å². The fraction of sp³-hybridized carbons (Fsp3) is 0.636. The van der Waals surface area contributed by atoms with Gasteiger partial charge in [-0.15, -0.1) is 0 Å². The van der Waals surface area contributed by atoms with Crippen molar-refractivity contribution in [3.05, 3.63) is 35.4 Å². The highest BCUT2D eigenvalue weighted by atomic mass is 16.4. The van der Waals surface area contributed by atoms with Gasteiger partial charge in [-0.25, -0.2) is 4.79 Å². The molecule has 1 aliphatic rings. The molecular formula is C22H35N3O3. The molecule has 156 valence electrons. The molecule has 2 rings (SSSR count). The van der Waals surface area contributed by atoms with E-state index in [4.69, 9.17) is 5.11 Å². The predicted molar refractivity (Wildman–Crippen MR) is 111 cm³/mol. The first-order valence-electron chi connectivity index (χ1n) is 10.4. The Morgan fingerprint density at radius 2 is 1.79 bits per heavy atom. The van der Waals surface area contributed by atoms with Crippen LogP contribution in [-0.4, -0.2) is 59.1 Å². The van der Waals surface area contributed by atoms with E-state index in [9.17, 15) is 9.59 Å². The zero-order chi connectivity index (χ0) is 20.7. The highest BCUT2D eigenvalue weighted by Crippen LogP contribution is 2.19. The van der Waals surface area contributed by atoms with Crippen molar-refractivity contribution >= 4 is 12.0 Å². The van der Waals surface area contributed by atoms with Crippen molar-refractivity contribution in [3.63, 3.8) is 0 Å². The van der Waals surface area contributed by atoms with Gasteiger partial charge in [0.25, 0.3) is 0 Å². The van der Waals surface area contributed by atoms with Gasteiger partial charge in [-0.05, 0) is 49.8 Å². The van der Waals surface area contributed by atoms with Crippen molar-refractivity contribution in [2.75, 3.05) is 26.2 Å². The molecule has 1 fully saturated rings. The monoisotopic (exact) mass is 389 g/mol. The van der Waals surface area contributed by atoms with Gasteiger partial charge in [-0.2, -0.15) is 0 Å². The van der Waals surface area contributed by atoms with E-state index in [1.165, 1.54) is 5.56 Å². The van der Waals surface area contributed by atoms with Gasteiger partial charge in [0.15, 0.2) is 0 Å². The Hall–Kier alpha value is -2.08. The normalized spacial score (nSPS) is 16.4. The van der Waals surface area contributed by atoms with Gasteiger partial charge >= 0.3 is 12.0 Å². The smallest absolute Gasteiger partial charge is 0.317 e. The number of hydrogen-bond donors (Lipinski definition) is 2. The molecule has 1 atom stereocenters. The van der Waals surface area contributed by atoms with Crippen molar-refractivity contribution < 1.29 is 14.7 Å². The van der Waals surface area contributed by atoms with Crippen molar-refractivity contribution in [1.29, 1.82) is 0 Å². The van der Waals surface area contributed by atoms with Gasteiger partial charge in [-0.1, -0.05) is 45.0 Å². The number of piperidine rings is 1. The number of likely N-dealkylation sites (tertiary alicyclic amines) is 1. The number of carbonyl (C=O) groups is 2. The van der Waals surface area contributed by atoms with Crippen LogP contribution in [-0.2, 0) is 11.2 Å². The van der Waals surface area contributed by atoms with Crippen molar-refractivity contribution in [2.45, 2.75) is 59.0 Å². The summed E-state index contributed by atoms with van der Waals surface area (Å²) in [4.78, 5) is 27.4. The van der Waals surface area contributed by atoms with Crippen LogP contribution in [0.3, 0.4) is 0 Å². The molecule has 1 aliphatic heterocycles. The highest BCUT2D eigenvalue weighted by Gasteiger charge is 2.27. The summed E-state index contributed by atoms with van der Waals surface area (Å²) >= 11 is 0. The molecule has 1 unspecified atom stereocenters. The maximum absolute atomic E-state index is 12.6. The molecule has 6 heteroatoms. The maximum Gasteiger partial charge on any atom is 0.317 e. The first-order valence-corrected chi connectivity index (χ1v) is 10.4. The first-order chi connectivity index (χ1) is 13.3. The number of urea groups is 1. The van der Waals surface area contributed by atoms with Gasteiger partial charge in [0.05, 0.1) is 12.6 Å². The van der Waals surface area contributed by atoms with Crippen LogP contribution in [0.15, 0.2) is 24.3 Å². The van der Waals surface area contributed by atoms with Gasteiger partial charge in [0.1, 0.15) is 0 Å². The minimum Gasteiger partial charge on any atom is -0.480 e. The Labute approximate surface area is 168 Å². The number of hydrogen-bond acceptors (Lipinski definition) is 3. The number of carboxylic acids is 1. The summed E-state index contributed by atoms with van der Waals surface area (Å²) in [5.74, 6) is -0.166. The highest BCUT2D eigenvalue weighted by molar-refractivity contribution is 5.74. The molecule has 0 spiro atoms. The molecule has 2 amide bonds. The van der Waals surface area contributed by atoms with Crippen LogP contribution in [0.25, 0.3) is 0 Å². The molecule has 0 saturated carbocycles. The Balaban J connectivity index is 1.84. The van der Waals surface area contributed by atoms with Crippen LogP contribution >= 0.6 is 0 Å². The summed E-state index contributed by atoms with van der Waals surface area (Å²) in [6, 6.07) is 8.63.